The third-order valence-corrected chi connectivity index (χ3v) is 7.10. The van der Waals surface area contributed by atoms with Crippen LogP contribution < -0.4 is 11.1 Å². The van der Waals surface area contributed by atoms with Crippen LogP contribution in [0.25, 0.3) is 21.3 Å². The van der Waals surface area contributed by atoms with Gasteiger partial charge < -0.3 is 11.1 Å². The molecule has 0 bridgehead atoms. The number of carbonyl (C=O) groups excluding carboxylic acids is 2. The van der Waals surface area contributed by atoms with Crippen molar-refractivity contribution < 1.29 is 35.9 Å². The number of nitrogens with one attached hydrogen (secondary N) is 1. The number of halogens is 7. The second kappa shape index (κ2) is 9.13. The summed E-state index contributed by atoms with van der Waals surface area (Å²) in [5, 5.41) is 5.89. The van der Waals surface area contributed by atoms with Crippen LogP contribution >= 0.6 is 27.3 Å². The van der Waals surface area contributed by atoms with Crippen LogP contribution in [0.4, 0.5) is 32.0 Å². The van der Waals surface area contributed by atoms with Gasteiger partial charge in [0, 0.05) is 12.4 Å². The van der Waals surface area contributed by atoms with Gasteiger partial charge >= 0.3 is 12.4 Å². The molecule has 0 radical (unpaired) electrons. The fraction of sp³-hybridized carbons (Fsp3) is 0.182. The van der Waals surface area contributed by atoms with Gasteiger partial charge in [-0.05, 0) is 40.0 Å². The second-order valence-corrected chi connectivity index (χ2v) is 9.65. The molecule has 0 atom stereocenters. The van der Waals surface area contributed by atoms with E-state index in [1.165, 1.54) is 0 Å². The quantitative estimate of drug-likeness (QED) is 0.272. The molecular weight excluding hydrogens is 592 g/mol. The van der Waals surface area contributed by atoms with Gasteiger partial charge in [0.05, 0.1) is 10.2 Å². The Labute approximate surface area is 216 Å². The zero-order chi connectivity index (χ0) is 27.4. The summed E-state index contributed by atoms with van der Waals surface area (Å²) < 4.78 is 80.8. The number of hydrogen-bond acceptors (Lipinski definition) is 5. The van der Waals surface area contributed by atoms with Gasteiger partial charge in [0.25, 0.3) is 11.8 Å². The van der Waals surface area contributed by atoms with Crippen LogP contribution in [0.1, 0.15) is 37.1 Å². The predicted octanol–water partition coefficient (Wildman–Crippen LogP) is 6.16. The van der Waals surface area contributed by atoms with Crippen molar-refractivity contribution in [2.75, 3.05) is 5.32 Å². The Morgan fingerprint density at radius 3 is 2.22 bits per heavy atom. The zero-order valence-corrected chi connectivity index (χ0v) is 21.1. The van der Waals surface area contributed by atoms with Crippen molar-refractivity contribution >= 4 is 55.0 Å². The van der Waals surface area contributed by atoms with Crippen LogP contribution in [0, 0.1) is 6.92 Å². The molecule has 0 aliphatic rings. The number of thiophene rings is 1. The molecule has 0 saturated carbocycles. The molecular formula is C22H14BrF6N5O2S. The summed E-state index contributed by atoms with van der Waals surface area (Å²) in [6, 6.07) is 7.15. The van der Waals surface area contributed by atoms with Gasteiger partial charge in [0.15, 0.2) is 11.4 Å². The molecule has 0 saturated heterocycles. The summed E-state index contributed by atoms with van der Waals surface area (Å²) in [5.41, 5.74) is 3.11. The molecule has 3 aromatic heterocycles. The first kappa shape index (κ1) is 26.6. The Bertz CT molecular complexity index is 1560. The number of carbonyl (C=O) groups is 2. The third-order valence-electron chi connectivity index (χ3n) is 5.25. The number of nitrogens with zero attached hydrogens (tertiary/aromatic N) is 3. The molecule has 194 valence electrons. The van der Waals surface area contributed by atoms with Gasteiger partial charge in [0.2, 0.25) is 0 Å². The maximum Gasteiger partial charge on any atom is 0.434 e. The minimum atomic E-state index is -4.84. The molecule has 0 unspecified atom stereocenters. The summed E-state index contributed by atoms with van der Waals surface area (Å²) in [5.74, 6) is -2.24. The van der Waals surface area contributed by atoms with E-state index in [0.29, 0.717) is 21.6 Å². The first-order valence-corrected chi connectivity index (χ1v) is 11.7. The SMILES string of the molecule is Cc1ccc(-c2cc(C(F)(F)F)nc3sc(C(N)=O)c(NC(=O)c4nn(C)c(C(F)(F)F)c4Br)c23)cc1. The van der Waals surface area contributed by atoms with Crippen LogP contribution in [-0.2, 0) is 19.4 Å². The Balaban J connectivity index is 1.96. The van der Waals surface area contributed by atoms with E-state index in [0.717, 1.165) is 18.7 Å². The molecule has 0 fully saturated rings. The molecule has 0 aliphatic carbocycles. The summed E-state index contributed by atoms with van der Waals surface area (Å²) in [6.07, 6.45) is -9.68. The van der Waals surface area contributed by atoms with Crippen LogP contribution in [-0.4, -0.2) is 26.6 Å². The largest absolute Gasteiger partial charge is 0.434 e. The Morgan fingerprint density at radius 2 is 1.70 bits per heavy atom. The number of aryl methyl sites for hydroxylation is 2. The number of anilines is 1. The number of fused-ring (bicyclic) bond motifs is 1. The van der Waals surface area contributed by atoms with Gasteiger partial charge in [0.1, 0.15) is 15.4 Å². The van der Waals surface area contributed by atoms with Crippen LogP contribution in [0.15, 0.2) is 34.8 Å². The highest BCUT2D eigenvalue weighted by Crippen LogP contribution is 2.44. The topological polar surface area (TPSA) is 103 Å². The summed E-state index contributed by atoms with van der Waals surface area (Å²) in [4.78, 5) is 28.2. The lowest BCUT2D eigenvalue weighted by molar-refractivity contribution is -0.144. The van der Waals surface area contributed by atoms with Crippen molar-refractivity contribution in [2.24, 2.45) is 12.8 Å². The fourth-order valence-electron chi connectivity index (χ4n) is 3.62. The third kappa shape index (κ3) is 4.92. The summed E-state index contributed by atoms with van der Waals surface area (Å²) >= 11 is 3.25. The first-order valence-electron chi connectivity index (χ1n) is 10.1. The number of benzene rings is 1. The molecule has 1 aromatic carbocycles. The van der Waals surface area contributed by atoms with Crippen LogP contribution in [0.5, 0.6) is 0 Å². The molecule has 4 aromatic rings. The Kier molecular flexibility index (Phi) is 6.56. The maximum atomic E-state index is 13.6. The number of hydrogen-bond donors (Lipinski definition) is 2. The van der Waals surface area contributed by atoms with E-state index in [-0.39, 0.29) is 26.3 Å². The monoisotopic (exact) mass is 605 g/mol. The molecule has 3 N–H and O–H groups in total. The van der Waals surface area contributed by atoms with Crippen LogP contribution in [0.2, 0.25) is 0 Å². The number of alkyl halides is 6. The van der Waals surface area contributed by atoms with Crippen molar-refractivity contribution in [2.45, 2.75) is 19.3 Å². The minimum Gasteiger partial charge on any atom is -0.365 e. The maximum absolute atomic E-state index is 13.6. The highest BCUT2D eigenvalue weighted by molar-refractivity contribution is 9.10. The van der Waals surface area contributed by atoms with E-state index in [1.54, 1.807) is 31.2 Å². The smallest absolute Gasteiger partial charge is 0.365 e. The van der Waals surface area contributed by atoms with Crippen molar-refractivity contribution in [3.8, 4) is 11.1 Å². The molecule has 7 nitrogen and oxygen atoms in total. The standard InChI is InChI=1S/C22H14BrF6N5O2S/c1-8-3-5-9(6-4-8)10-7-11(21(24,25)26)31-20-12(10)14(16(37-20)18(30)35)32-19(36)15-13(23)17(22(27,28)29)34(2)33-15/h3-7H,1-2H3,(H2,30,35)(H,32,36). The summed E-state index contributed by atoms with van der Waals surface area (Å²) in [6.45, 7) is 1.77. The number of amides is 2. The number of rotatable bonds is 4. The first-order chi connectivity index (χ1) is 17.1. The second-order valence-electron chi connectivity index (χ2n) is 7.86. The lowest BCUT2D eigenvalue weighted by Crippen LogP contribution is -2.17. The highest BCUT2D eigenvalue weighted by Gasteiger charge is 2.40. The van der Waals surface area contributed by atoms with E-state index < -0.39 is 45.7 Å². The van der Waals surface area contributed by atoms with Gasteiger partial charge in [-0.2, -0.15) is 31.4 Å². The van der Waals surface area contributed by atoms with E-state index in [9.17, 15) is 35.9 Å². The minimum absolute atomic E-state index is 0.0209. The molecule has 37 heavy (non-hydrogen) atoms. The van der Waals surface area contributed by atoms with Crippen molar-refractivity contribution in [1.29, 1.82) is 0 Å². The van der Waals surface area contributed by atoms with Crippen molar-refractivity contribution in [1.82, 2.24) is 14.8 Å². The van der Waals surface area contributed by atoms with Gasteiger partial charge in [-0.1, -0.05) is 29.8 Å². The average molecular weight is 606 g/mol. The van der Waals surface area contributed by atoms with Gasteiger partial charge in [-0.3, -0.25) is 14.3 Å². The lowest BCUT2D eigenvalue weighted by Gasteiger charge is -2.12. The number of pyridine rings is 1. The van der Waals surface area contributed by atoms with Crippen molar-refractivity contribution in [3.63, 3.8) is 0 Å². The molecule has 4 rings (SSSR count). The van der Waals surface area contributed by atoms with Crippen LogP contribution in [0.3, 0.4) is 0 Å². The van der Waals surface area contributed by atoms with Gasteiger partial charge in [-0.15, -0.1) is 11.3 Å². The zero-order valence-electron chi connectivity index (χ0n) is 18.7. The van der Waals surface area contributed by atoms with E-state index in [4.69, 9.17) is 5.73 Å². The van der Waals surface area contributed by atoms with E-state index in [2.05, 4.69) is 31.3 Å². The number of primary amides is 1. The highest BCUT2D eigenvalue weighted by atomic mass is 79.9. The average Bonchev–Trinajstić information content (AvgIpc) is 3.29. The number of aromatic nitrogens is 3. The Hall–Kier alpha value is -3.46. The lowest BCUT2D eigenvalue weighted by atomic mass is 10.00. The summed E-state index contributed by atoms with van der Waals surface area (Å²) in [7, 11) is 0.983. The molecule has 0 spiro atoms. The Morgan fingerprint density at radius 1 is 1.08 bits per heavy atom. The van der Waals surface area contributed by atoms with Crippen molar-refractivity contribution in [3.05, 3.63) is 62.3 Å². The predicted molar refractivity (Wildman–Crippen MR) is 127 cm³/mol. The molecule has 0 aliphatic heterocycles. The molecule has 2 amide bonds. The molecule has 15 heteroatoms. The van der Waals surface area contributed by atoms with Gasteiger partial charge in [-0.25, -0.2) is 4.98 Å². The fourth-order valence-corrected chi connectivity index (χ4v) is 5.37. The van der Waals surface area contributed by atoms with E-state index in [1.807, 2.05) is 0 Å². The van der Waals surface area contributed by atoms with E-state index >= 15 is 0 Å². The number of nitrogens with two attached hydrogens (primary N) is 1. The molecule has 3 heterocycles. The normalized spacial score (nSPS) is 12.2.